The quantitative estimate of drug-likeness (QED) is 0.837. The average Bonchev–Trinajstić information content (AvgIpc) is 3.19. The Kier molecular flexibility index (Phi) is 5.14. The molecule has 0 saturated carbocycles. The number of carbonyl (C=O) groups is 2. The number of rotatable bonds is 5. The first-order valence-electron chi connectivity index (χ1n) is 8.24. The molecule has 7 heteroatoms. The topological polar surface area (TPSA) is 95.7 Å². The molecule has 0 spiro atoms. The molecule has 1 aromatic heterocycles. The van der Waals surface area contributed by atoms with Crippen molar-refractivity contribution in [3.05, 3.63) is 53.4 Å². The third-order valence-electron chi connectivity index (χ3n) is 4.21. The molecule has 1 saturated heterocycles. The van der Waals surface area contributed by atoms with Crippen LogP contribution in [0.4, 0.5) is 0 Å². The fraction of sp³-hybridized carbons (Fsp3) is 0.389. The van der Waals surface area contributed by atoms with Gasteiger partial charge in [0.05, 0.1) is 18.2 Å². The number of β-amino-alcohol motifs (C(OH)–C–C–N with tert-alkyl or cyclic N) is 1. The summed E-state index contributed by atoms with van der Waals surface area (Å²) in [7, 11) is 0. The van der Waals surface area contributed by atoms with Gasteiger partial charge in [-0.3, -0.25) is 9.59 Å². The van der Waals surface area contributed by atoms with Gasteiger partial charge in [-0.05, 0) is 12.5 Å². The number of likely N-dealkylation sites (tertiary alicyclic amines) is 1. The number of aryl methyl sites for hydroxylation is 1. The molecular weight excluding hydrogens is 322 g/mol. The predicted molar refractivity (Wildman–Crippen MR) is 89.4 cm³/mol. The lowest BCUT2D eigenvalue weighted by Gasteiger charge is -2.23. The monoisotopic (exact) mass is 343 g/mol. The van der Waals surface area contributed by atoms with Crippen molar-refractivity contribution in [3.63, 3.8) is 0 Å². The molecule has 1 fully saturated rings. The SMILES string of the molecule is Cc1cc(CC(=O)N2C[C@H](O)C[C@H]2C(=O)NCc2ccccc2)on1. The Balaban J connectivity index is 1.62. The third kappa shape index (κ3) is 4.24. The van der Waals surface area contributed by atoms with Crippen LogP contribution in [0.25, 0.3) is 0 Å². The van der Waals surface area contributed by atoms with Crippen LogP contribution in [-0.2, 0) is 22.6 Å². The summed E-state index contributed by atoms with van der Waals surface area (Å²) in [6, 6.07) is 10.6. The van der Waals surface area contributed by atoms with Crippen molar-refractivity contribution in [1.82, 2.24) is 15.4 Å². The molecule has 1 aliphatic rings. The molecular formula is C18H21N3O4. The zero-order chi connectivity index (χ0) is 17.8. The molecule has 2 heterocycles. The molecule has 0 aliphatic carbocycles. The van der Waals surface area contributed by atoms with E-state index in [1.807, 2.05) is 30.3 Å². The number of aliphatic hydroxyl groups is 1. The van der Waals surface area contributed by atoms with Crippen LogP contribution in [0.15, 0.2) is 40.9 Å². The number of hydrogen-bond donors (Lipinski definition) is 2. The van der Waals surface area contributed by atoms with E-state index in [9.17, 15) is 14.7 Å². The van der Waals surface area contributed by atoms with E-state index in [0.29, 0.717) is 18.0 Å². The Labute approximate surface area is 145 Å². The largest absolute Gasteiger partial charge is 0.391 e. The van der Waals surface area contributed by atoms with Gasteiger partial charge in [-0.15, -0.1) is 0 Å². The lowest BCUT2D eigenvalue weighted by molar-refractivity contribution is -0.138. The number of nitrogens with one attached hydrogen (secondary N) is 1. The minimum absolute atomic E-state index is 0.0238. The molecule has 2 N–H and O–H groups in total. The van der Waals surface area contributed by atoms with Crippen LogP contribution in [0.3, 0.4) is 0 Å². The molecule has 2 atom stereocenters. The fourth-order valence-electron chi connectivity index (χ4n) is 2.99. The van der Waals surface area contributed by atoms with Crippen molar-refractivity contribution in [1.29, 1.82) is 0 Å². The number of hydrogen-bond acceptors (Lipinski definition) is 5. The minimum Gasteiger partial charge on any atom is -0.391 e. The van der Waals surface area contributed by atoms with E-state index in [0.717, 1.165) is 5.56 Å². The van der Waals surface area contributed by atoms with Crippen molar-refractivity contribution < 1.29 is 19.2 Å². The van der Waals surface area contributed by atoms with E-state index in [4.69, 9.17) is 4.52 Å². The molecule has 3 rings (SSSR count). The second kappa shape index (κ2) is 7.48. The van der Waals surface area contributed by atoms with Crippen LogP contribution in [0.5, 0.6) is 0 Å². The minimum atomic E-state index is -0.701. The van der Waals surface area contributed by atoms with Crippen molar-refractivity contribution >= 4 is 11.8 Å². The van der Waals surface area contributed by atoms with E-state index in [2.05, 4.69) is 10.5 Å². The van der Waals surface area contributed by atoms with Gasteiger partial charge in [-0.2, -0.15) is 0 Å². The number of nitrogens with zero attached hydrogens (tertiary/aromatic N) is 2. The lowest BCUT2D eigenvalue weighted by atomic mass is 10.1. The number of aromatic nitrogens is 1. The maximum Gasteiger partial charge on any atom is 0.243 e. The molecule has 0 bridgehead atoms. The molecule has 0 unspecified atom stereocenters. The highest BCUT2D eigenvalue weighted by atomic mass is 16.5. The number of aliphatic hydroxyl groups excluding tert-OH is 1. The normalized spacial score (nSPS) is 19.8. The standard InChI is InChI=1S/C18H21N3O4/c1-12-7-15(25-20-12)9-17(23)21-11-14(22)8-16(21)18(24)19-10-13-5-3-2-4-6-13/h2-7,14,16,22H,8-11H2,1H3,(H,19,24)/t14-,16+/m1/s1. The third-order valence-corrected chi connectivity index (χ3v) is 4.21. The van der Waals surface area contributed by atoms with Crippen molar-refractivity contribution in [3.8, 4) is 0 Å². The first kappa shape index (κ1) is 17.2. The van der Waals surface area contributed by atoms with Crippen LogP contribution < -0.4 is 5.32 Å². The fourth-order valence-corrected chi connectivity index (χ4v) is 2.99. The first-order chi connectivity index (χ1) is 12.0. The van der Waals surface area contributed by atoms with E-state index in [1.54, 1.807) is 13.0 Å². The summed E-state index contributed by atoms with van der Waals surface area (Å²) in [6.07, 6.45) is -0.439. The second-order valence-corrected chi connectivity index (χ2v) is 6.27. The van der Waals surface area contributed by atoms with Crippen LogP contribution >= 0.6 is 0 Å². The highest BCUT2D eigenvalue weighted by Gasteiger charge is 2.38. The Morgan fingerprint density at radius 2 is 2.12 bits per heavy atom. The predicted octanol–water partition coefficient (Wildman–Crippen LogP) is 0.804. The molecule has 2 aromatic rings. The van der Waals surface area contributed by atoms with Gasteiger partial charge in [0.1, 0.15) is 11.8 Å². The van der Waals surface area contributed by atoms with Crippen LogP contribution in [-0.4, -0.2) is 45.7 Å². The van der Waals surface area contributed by atoms with Crippen molar-refractivity contribution in [2.45, 2.75) is 38.5 Å². The number of benzene rings is 1. The van der Waals surface area contributed by atoms with E-state index >= 15 is 0 Å². The Morgan fingerprint density at radius 1 is 1.36 bits per heavy atom. The summed E-state index contributed by atoms with van der Waals surface area (Å²) in [5.74, 6) is -0.0672. The van der Waals surface area contributed by atoms with Gasteiger partial charge in [0.15, 0.2) is 0 Å². The van der Waals surface area contributed by atoms with Crippen LogP contribution in [0.2, 0.25) is 0 Å². The van der Waals surface area contributed by atoms with Crippen molar-refractivity contribution in [2.75, 3.05) is 6.54 Å². The van der Waals surface area contributed by atoms with Gasteiger partial charge in [-0.1, -0.05) is 35.5 Å². The molecule has 25 heavy (non-hydrogen) atoms. The molecule has 132 valence electrons. The first-order valence-corrected chi connectivity index (χ1v) is 8.24. The van der Waals surface area contributed by atoms with E-state index in [-0.39, 0.29) is 31.2 Å². The zero-order valence-corrected chi connectivity index (χ0v) is 14.0. The Hall–Kier alpha value is -2.67. The molecule has 2 amide bonds. The molecule has 1 aliphatic heterocycles. The van der Waals surface area contributed by atoms with Gasteiger partial charge < -0.3 is 19.8 Å². The van der Waals surface area contributed by atoms with E-state index in [1.165, 1.54) is 4.90 Å². The number of carbonyl (C=O) groups excluding carboxylic acids is 2. The zero-order valence-electron chi connectivity index (χ0n) is 14.0. The molecule has 7 nitrogen and oxygen atoms in total. The van der Waals surface area contributed by atoms with E-state index < -0.39 is 12.1 Å². The van der Waals surface area contributed by atoms with Gasteiger partial charge in [0, 0.05) is 25.6 Å². The van der Waals surface area contributed by atoms with Crippen molar-refractivity contribution in [2.24, 2.45) is 0 Å². The highest BCUT2D eigenvalue weighted by Crippen LogP contribution is 2.20. The smallest absolute Gasteiger partial charge is 0.243 e. The summed E-state index contributed by atoms with van der Waals surface area (Å²) in [5.41, 5.74) is 1.67. The summed E-state index contributed by atoms with van der Waals surface area (Å²) >= 11 is 0. The average molecular weight is 343 g/mol. The highest BCUT2D eigenvalue weighted by molar-refractivity contribution is 5.89. The van der Waals surface area contributed by atoms with Crippen LogP contribution in [0, 0.1) is 6.92 Å². The second-order valence-electron chi connectivity index (χ2n) is 6.27. The number of amides is 2. The Bertz CT molecular complexity index is 744. The Morgan fingerprint density at radius 3 is 2.80 bits per heavy atom. The van der Waals surface area contributed by atoms with Crippen LogP contribution in [0.1, 0.15) is 23.4 Å². The van der Waals surface area contributed by atoms with Gasteiger partial charge in [-0.25, -0.2) is 0 Å². The van der Waals surface area contributed by atoms with Gasteiger partial charge in [0.2, 0.25) is 11.8 Å². The van der Waals surface area contributed by atoms with Gasteiger partial charge in [0.25, 0.3) is 0 Å². The summed E-state index contributed by atoms with van der Waals surface area (Å²) in [4.78, 5) is 26.4. The maximum absolute atomic E-state index is 12.5. The van der Waals surface area contributed by atoms with Gasteiger partial charge >= 0.3 is 0 Å². The lowest BCUT2D eigenvalue weighted by Crippen LogP contribution is -2.46. The molecule has 1 aromatic carbocycles. The molecule has 0 radical (unpaired) electrons. The summed E-state index contributed by atoms with van der Waals surface area (Å²) in [5, 5.41) is 16.5. The summed E-state index contributed by atoms with van der Waals surface area (Å²) in [6.45, 7) is 2.31. The maximum atomic E-state index is 12.5. The summed E-state index contributed by atoms with van der Waals surface area (Å²) < 4.78 is 5.06.